The fourth-order valence-electron chi connectivity index (χ4n) is 2.18. The number of ether oxygens (including phenoxy) is 3. The zero-order chi connectivity index (χ0) is 15.5. The van der Waals surface area contributed by atoms with E-state index in [9.17, 15) is 0 Å². The van der Waals surface area contributed by atoms with Crippen molar-refractivity contribution >= 4 is 0 Å². The minimum Gasteiger partial charge on any atom is -0.497 e. The maximum atomic E-state index is 5.54. The first kappa shape index (κ1) is 18.0. The molecular formula is C17H29NO3. The van der Waals surface area contributed by atoms with Crippen LogP contribution in [0.1, 0.15) is 45.2 Å². The van der Waals surface area contributed by atoms with Gasteiger partial charge < -0.3 is 19.5 Å². The van der Waals surface area contributed by atoms with Gasteiger partial charge in [0, 0.05) is 19.3 Å². The largest absolute Gasteiger partial charge is 0.497 e. The monoisotopic (exact) mass is 295 g/mol. The number of nitrogens with one attached hydrogen (secondary N) is 1. The quantitative estimate of drug-likeness (QED) is 0.501. The number of hydrogen-bond acceptors (Lipinski definition) is 4. The summed E-state index contributed by atoms with van der Waals surface area (Å²) in [7, 11) is 1.68. The summed E-state index contributed by atoms with van der Waals surface area (Å²) >= 11 is 0. The van der Waals surface area contributed by atoms with E-state index in [1.165, 1.54) is 5.56 Å². The molecule has 0 heterocycles. The van der Waals surface area contributed by atoms with Gasteiger partial charge in [-0.3, -0.25) is 0 Å². The smallest absolute Gasteiger partial charge is 0.157 e. The maximum absolute atomic E-state index is 5.54. The molecule has 1 aromatic rings. The Balaban J connectivity index is 2.27. The van der Waals surface area contributed by atoms with Crippen molar-refractivity contribution in [2.75, 3.05) is 26.9 Å². The zero-order valence-corrected chi connectivity index (χ0v) is 13.7. The lowest BCUT2D eigenvalue weighted by atomic mass is 10.1. The third-order valence-corrected chi connectivity index (χ3v) is 3.39. The third-order valence-electron chi connectivity index (χ3n) is 3.39. The summed E-state index contributed by atoms with van der Waals surface area (Å²) in [5, 5.41) is 3.52. The molecule has 0 aliphatic heterocycles. The molecule has 1 atom stereocenters. The van der Waals surface area contributed by atoms with Crippen LogP contribution >= 0.6 is 0 Å². The summed E-state index contributed by atoms with van der Waals surface area (Å²) in [5.74, 6) is 0.891. The van der Waals surface area contributed by atoms with E-state index in [1.54, 1.807) is 7.11 Å². The molecule has 1 N–H and O–H groups in total. The number of methoxy groups -OCH3 is 1. The molecule has 1 aromatic carbocycles. The molecule has 0 fully saturated rings. The molecule has 0 amide bonds. The zero-order valence-electron chi connectivity index (χ0n) is 13.7. The lowest BCUT2D eigenvalue weighted by molar-refractivity contribution is -0.139. The first-order valence-electron chi connectivity index (χ1n) is 7.81. The van der Waals surface area contributed by atoms with Crippen LogP contribution in [-0.4, -0.2) is 33.2 Å². The highest BCUT2D eigenvalue weighted by Crippen LogP contribution is 2.17. The average Bonchev–Trinajstić information content (AvgIpc) is 2.51. The van der Waals surface area contributed by atoms with Crippen molar-refractivity contribution in [3.8, 4) is 5.75 Å². The second-order valence-electron chi connectivity index (χ2n) is 4.93. The van der Waals surface area contributed by atoms with Crippen molar-refractivity contribution < 1.29 is 14.2 Å². The molecule has 4 heteroatoms. The van der Waals surface area contributed by atoms with Crippen molar-refractivity contribution in [3.63, 3.8) is 0 Å². The van der Waals surface area contributed by atoms with E-state index in [0.717, 1.165) is 25.1 Å². The number of benzene rings is 1. The molecule has 1 unspecified atom stereocenters. The standard InChI is InChI=1S/C17H29NO3/c1-5-20-17(21-6-2)8-7-13-18-14(3)15-9-11-16(19-4)12-10-15/h9-12,14,17-18H,5-8,13H2,1-4H3. The molecule has 0 bridgehead atoms. The highest BCUT2D eigenvalue weighted by Gasteiger charge is 2.08. The van der Waals surface area contributed by atoms with Crippen molar-refractivity contribution in [3.05, 3.63) is 29.8 Å². The van der Waals surface area contributed by atoms with Gasteiger partial charge in [0.1, 0.15) is 5.75 Å². The van der Waals surface area contributed by atoms with Gasteiger partial charge in [-0.25, -0.2) is 0 Å². The van der Waals surface area contributed by atoms with Gasteiger partial charge in [-0.1, -0.05) is 12.1 Å². The van der Waals surface area contributed by atoms with Crippen LogP contribution in [0.15, 0.2) is 24.3 Å². The molecule has 0 aliphatic rings. The summed E-state index contributed by atoms with van der Waals surface area (Å²) in [5.41, 5.74) is 1.27. The Morgan fingerprint density at radius 3 is 2.19 bits per heavy atom. The molecule has 0 saturated heterocycles. The van der Waals surface area contributed by atoms with Gasteiger partial charge in [0.15, 0.2) is 6.29 Å². The molecular weight excluding hydrogens is 266 g/mol. The Hall–Kier alpha value is -1.10. The fraction of sp³-hybridized carbons (Fsp3) is 0.647. The Kier molecular flexibility index (Phi) is 9.06. The lowest BCUT2D eigenvalue weighted by Gasteiger charge is -2.18. The Bertz CT molecular complexity index is 361. The van der Waals surface area contributed by atoms with Crippen LogP contribution in [0, 0.1) is 0 Å². The summed E-state index contributed by atoms with van der Waals surface area (Å²) in [6.45, 7) is 8.50. The molecule has 0 radical (unpaired) electrons. The van der Waals surface area contributed by atoms with Gasteiger partial charge in [0.25, 0.3) is 0 Å². The van der Waals surface area contributed by atoms with Crippen LogP contribution in [-0.2, 0) is 9.47 Å². The van der Waals surface area contributed by atoms with Gasteiger partial charge in [0.05, 0.1) is 7.11 Å². The normalized spacial score (nSPS) is 12.6. The van der Waals surface area contributed by atoms with Crippen molar-refractivity contribution in [1.29, 1.82) is 0 Å². The molecule has 0 aromatic heterocycles. The van der Waals surface area contributed by atoms with E-state index in [1.807, 2.05) is 26.0 Å². The van der Waals surface area contributed by atoms with E-state index < -0.39 is 0 Å². The van der Waals surface area contributed by atoms with Crippen LogP contribution < -0.4 is 10.1 Å². The molecule has 1 rings (SSSR count). The van der Waals surface area contributed by atoms with Gasteiger partial charge in [-0.15, -0.1) is 0 Å². The highest BCUT2D eigenvalue weighted by atomic mass is 16.7. The first-order chi connectivity index (χ1) is 10.2. The second-order valence-corrected chi connectivity index (χ2v) is 4.93. The Labute approximate surface area is 128 Å². The average molecular weight is 295 g/mol. The molecule has 4 nitrogen and oxygen atoms in total. The first-order valence-corrected chi connectivity index (χ1v) is 7.81. The van der Waals surface area contributed by atoms with E-state index in [0.29, 0.717) is 19.3 Å². The van der Waals surface area contributed by atoms with E-state index >= 15 is 0 Å². The fourth-order valence-corrected chi connectivity index (χ4v) is 2.18. The van der Waals surface area contributed by atoms with Crippen LogP contribution in [0.3, 0.4) is 0 Å². The Morgan fingerprint density at radius 2 is 1.67 bits per heavy atom. The molecule has 0 saturated carbocycles. The van der Waals surface area contributed by atoms with Crippen LogP contribution in [0.2, 0.25) is 0 Å². The summed E-state index contributed by atoms with van der Waals surface area (Å²) in [6.07, 6.45) is 1.88. The van der Waals surface area contributed by atoms with E-state index in [2.05, 4.69) is 24.4 Å². The summed E-state index contributed by atoms with van der Waals surface area (Å²) in [6, 6.07) is 8.51. The predicted octanol–water partition coefficient (Wildman–Crippen LogP) is 3.53. The van der Waals surface area contributed by atoms with Gasteiger partial charge in [0.2, 0.25) is 0 Å². The topological polar surface area (TPSA) is 39.7 Å². The summed E-state index contributed by atoms with van der Waals surface area (Å²) < 4.78 is 16.2. The molecule has 0 spiro atoms. The van der Waals surface area contributed by atoms with Crippen LogP contribution in [0.5, 0.6) is 5.75 Å². The Morgan fingerprint density at radius 1 is 1.05 bits per heavy atom. The summed E-state index contributed by atoms with van der Waals surface area (Å²) in [4.78, 5) is 0. The van der Waals surface area contributed by atoms with Gasteiger partial charge in [-0.2, -0.15) is 0 Å². The van der Waals surface area contributed by atoms with Crippen molar-refractivity contribution in [2.24, 2.45) is 0 Å². The number of hydrogen-bond donors (Lipinski definition) is 1. The van der Waals surface area contributed by atoms with Crippen LogP contribution in [0.4, 0.5) is 0 Å². The molecule has 0 aliphatic carbocycles. The minimum absolute atomic E-state index is 0.0712. The van der Waals surface area contributed by atoms with E-state index in [4.69, 9.17) is 14.2 Å². The highest BCUT2D eigenvalue weighted by molar-refractivity contribution is 5.28. The van der Waals surface area contributed by atoms with Crippen molar-refractivity contribution in [1.82, 2.24) is 5.32 Å². The maximum Gasteiger partial charge on any atom is 0.157 e. The van der Waals surface area contributed by atoms with Crippen LogP contribution in [0.25, 0.3) is 0 Å². The van der Waals surface area contributed by atoms with Gasteiger partial charge in [-0.05, 0) is 57.9 Å². The van der Waals surface area contributed by atoms with Gasteiger partial charge >= 0.3 is 0 Å². The molecule has 21 heavy (non-hydrogen) atoms. The van der Waals surface area contributed by atoms with Crippen molar-refractivity contribution in [2.45, 2.75) is 45.9 Å². The van der Waals surface area contributed by atoms with E-state index in [-0.39, 0.29) is 6.29 Å². The molecule has 120 valence electrons. The second kappa shape index (κ2) is 10.6. The minimum atomic E-state index is -0.0712. The number of rotatable bonds is 11. The predicted molar refractivity (Wildman–Crippen MR) is 85.7 cm³/mol. The SMILES string of the molecule is CCOC(CCCNC(C)c1ccc(OC)cc1)OCC. The lowest BCUT2D eigenvalue weighted by Crippen LogP contribution is -2.23. The third kappa shape index (κ3) is 6.93.